The van der Waals surface area contributed by atoms with E-state index in [0.29, 0.717) is 5.75 Å². The molecule has 5 nitrogen and oxygen atoms in total. The maximum absolute atomic E-state index is 12.3. The van der Waals surface area contributed by atoms with E-state index in [4.69, 9.17) is 4.74 Å². The second kappa shape index (κ2) is 10.4. The van der Waals surface area contributed by atoms with Crippen LogP contribution in [0.5, 0.6) is 5.75 Å². The molecule has 0 bridgehead atoms. The Morgan fingerprint density at radius 1 is 0.839 bits per heavy atom. The molecular weight excluding hydrogens is 388 g/mol. The van der Waals surface area contributed by atoms with Crippen molar-refractivity contribution in [3.8, 4) is 5.75 Å². The summed E-state index contributed by atoms with van der Waals surface area (Å²) in [6.07, 6.45) is 0.719. The van der Waals surface area contributed by atoms with Gasteiger partial charge in [0.2, 0.25) is 5.91 Å². The number of nitrogens with one attached hydrogen (secondary N) is 2. The number of ether oxygens (including phenoxy) is 1. The number of hydrogen-bond acceptors (Lipinski definition) is 3. The van der Waals surface area contributed by atoms with Crippen molar-refractivity contribution >= 4 is 17.5 Å². The summed E-state index contributed by atoms with van der Waals surface area (Å²) >= 11 is 0. The number of hydrogen-bond donors (Lipinski definition) is 2. The van der Waals surface area contributed by atoms with E-state index in [1.165, 1.54) is 5.56 Å². The molecule has 0 unspecified atom stereocenters. The monoisotopic (exact) mass is 416 g/mol. The van der Waals surface area contributed by atoms with Gasteiger partial charge in [-0.15, -0.1) is 0 Å². The van der Waals surface area contributed by atoms with Crippen molar-refractivity contribution in [1.82, 2.24) is 5.32 Å². The fraction of sp³-hybridized carbons (Fsp3) is 0.231. The summed E-state index contributed by atoms with van der Waals surface area (Å²) in [7, 11) is 0. The zero-order chi connectivity index (χ0) is 22.2. The maximum atomic E-state index is 12.3. The molecule has 0 aliphatic heterocycles. The fourth-order valence-electron chi connectivity index (χ4n) is 3.54. The standard InChI is InChI=1S/C26H28N2O3/c1-18-13-19(2)26(20(3)14-18)28-24(29)16-27-25(30)17-31-23-12-8-7-11-22(23)15-21-9-5-4-6-10-21/h4-14H,15-17H2,1-3H3,(H,27,30)(H,28,29). The van der Waals surface area contributed by atoms with E-state index >= 15 is 0 Å². The molecule has 0 aliphatic carbocycles. The highest BCUT2D eigenvalue weighted by molar-refractivity contribution is 5.95. The van der Waals surface area contributed by atoms with Crippen molar-refractivity contribution in [1.29, 1.82) is 0 Å². The Labute approximate surface area is 183 Å². The second-order valence-corrected chi connectivity index (χ2v) is 7.66. The van der Waals surface area contributed by atoms with Gasteiger partial charge in [-0.2, -0.15) is 0 Å². The first kappa shape index (κ1) is 22.1. The topological polar surface area (TPSA) is 67.4 Å². The lowest BCUT2D eigenvalue weighted by atomic mass is 10.0. The molecule has 0 atom stereocenters. The van der Waals surface area contributed by atoms with Crippen LogP contribution in [0.3, 0.4) is 0 Å². The summed E-state index contributed by atoms with van der Waals surface area (Å²) < 4.78 is 5.73. The van der Waals surface area contributed by atoms with Crippen molar-refractivity contribution < 1.29 is 14.3 Å². The number of rotatable bonds is 8. The Kier molecular flexibility index (Phi) is 7.44. The molecule has 3 rings (SSSR count). The lowest BCUT2D eigenvalue weighted by molar-refractivity contribution is -0.125. The molecule has 5 heteroatoms. The highest BCUT2D eigenvalue weighted by atomic mass is 16.5. The minimum absolute atomic E-state index is 0.111. The fourth-order valence-corrected chi connectivity index (χ4v) is 3.54. The summed E-state index contributed by atoms with van der Waals surface area (Å²) in [6.45, 7) is 5.66. The third-order valence-corrected chi connectivity index (χ3v) is 4.96. The number of amides is 2. The summed E-state index contributed by atoms with van der Waals surface area (Å²) in [5.41, 5.74) is 6.10. The SMILES string of the molecule is Cc1cc(C)c(NC(=O)CNC(=O)COc2ccccc2Cc2ccccc2)c(C)c1. The normalized spacial score (nSPS) is 10.4. The number of aryl methyl sites for hydroxylation is 3. The quantitative estimate of drug-likeness (QED) is 0.574. The van der Waals surface area contributed by atoms with Crippen LogP contribution in [0.2, 0.25) is 0 Å². The molecule has 0 spiro atoms. The van der Waals surface area contributed by atoms with Gasteiger partial charge < -0.3 is 15.4 Å². The van der Waals surface area contributed by atoms with Gasteiger partial charge in [0.05, 0.1) is 6.54 Å². The third-order valence-electron chi connectivity index (χ3n) is 4.96. The Morgan fingerprint density at radius 3 is 2.19 bits per heavy atom. The van der Waals surface area contributed by atoms with Gasteiger partial charge in [-0.25, -0.2) is 0 Å². The predicted octanol–water partition coefficient (Wildman–Crippen LogP) is 4.34. The van der Waals surface area contributed by atoms with E-state index in [1.807, 2.05) is 75.4 Å². The van der Waals surface area contributed by atoms with Crippen LogP contribution in [-0.2, 0) is 16.0 Å². The zero-order valence-electron chi connectivity index (χ0n) is 18.2. The van der Waals surface area contributed by atoms with Crippen LogP contribution < -0.4 is 15.4 Å². The molecule has 160 valence electrons. The molecule has 2 amide bonds. The number of para-hydroxylation sites is 1. The molecule has 0 fully saturated rings. The average molecular weight is 417 g/mol. The van der Waals surface area contributed by atoms with Crippen molar-refractivity contribution in [2.75, 3.05) is 18.5 Å². The Bertz CT molecular complexity index is 1040. The van der Waals surface area contributed by atoms with Crippen LogP contribution in [0, 0.1) is 20.8 Å². The second-order valence-electron chi connectivity index (χ2n) is 7.66. The largest absolute Gasteiger partial charge is 0.483 e. The van der Waals surface area contributed by atoms with Gasteiger partial charge >= 0.3 is 0 Å². The van der Waals surface area contributed by atoms with E-state index in [9.17, 15) is 9.59 Å². The summed E-state index contributed by atoms with van der Waals surface area (Å²) in [5.74, 6) is 0.0479. The van der Waals surface area contributed by atoms with Crippen LogP contribution in [0.25, 0.3) is 0 Å². The highest BCUT2D eigenvalue weighted by Gasteiger charge is 2.11. The van der Waals surface area contributed by atoms with E-state index in [2.05, 4.69) is 22.8 Å². The van der Waals surface area contributed by atoms with Crippen LogP contribution >= 0.6 is 0 Å². The molecule has 0 heterocycles. The predicted molar refractivity (Wildman–Crippen MR) is 123 cm³/mol. The molecule has 0 saturated heterocycles. The number of benzene rings is 3. The number of anilines is 1. The molecule has 3 aromatic rings. The van der Waals surface area contributed by atoms with Gasteiger partial charge in [0, 0.05) is 12.1 Å². The first-order valence-electron chi connectivity index (χ1n) is 10.3. The van der Waals surface area contributed by atoms with Gasteiger partial charge in [0.25, 0.3) is 5.91 Å². The van der Waals surface area contributed by atoms with E-state index < -0.39 is 0 Å². The van der Waals surface area contributed by atoms with Crippen molar-refractivity contribution in [2.45, 2.75) is 27.2 Å². The Balaban J connectivity index is 1.50. The van der Waals surface area contributed by atoms with Gasteiger partial charge in [-0.3, -0.25) is 9.59 Å². The molecule has 0 saturated carbocycles. The lowest BCUT2D eigenvalue weighted by Crippen LogP contribution is -2.36. The Hall–Kier alpha value is -3.60. The van der Waals surface area contributed by atoms with Crippen LogP contribution in [0.1, 0.15) is 27.8 Å². The van der Waals surface area contributed by atoms with E-state index in [0.717, 1.165) is 34.4 Å². The molecule has 0 aliphatic rings. The minimum Gasteiger partial charge on any atom is -0.483 e. The molecular formula is C26H28N2O3. The molecule has 0 radical (unpaired) electrons. The minimum atomic E-state index is -0.345. The molecule has 2 N–H and O–H groups in total. The molecule has 0 aromatic heterocycles. The summed E-state index contributed by atoms with van der Waals surface area (Å²) in [5, 5.41) is 5.49. The van der Waals surface area contributed by atoms with Gasteiger partial charge in [0.15, 0.2) is 6.61 Å². The van der Waals surface area contributed by atoms with Crippen molar-refractivity contribution in [3.63, 3.8) is 0 Å². The van der Waals surface area contributed by atoms with Gasteiger partial charge in [-0.1, -0.05) is 66.2 Å². The lowest BCUT2D eigenvalue weighted by Gasteiger charge is -2.14. The van der Waals surface area contributed by atoms with Crippen LogP contribution in [0.4, 0.5) is 5.69 Å². The maximum Gasteiger partial charge on any atom is 0.258 e. The number of carbonyl (C=O) groups excluding carboxylic acids is 2. The smallest absolute Gasteiger partial charge is 0.258 e. The van der Waals surface area contributed by atoms with Crippen molar-refractivity contribution in [3.05, 3.63) is 94.5 Å². The third kappa shape index (κ3) is 6.44. The van der Waals surface area contributed by atoms with Crippen LogP contribution in [0.15, 0.2) is 66.7 Å². The number of carbonyl (C=O) groups is 2. The summed E-state index contributed by atoms with van der Waals surface area (Å²) in [4.78, 5) is 24.5. The summed E-state index contributed by atoms with van der Waals surface area (Å²) in [6, 6.07) is 21.8. The van der Waals surface area contributed by atoms with E-state index in [1.54, 1.807) is 0 Å². The van der Waals surface area contributed by atoms with Gasteiger partial charge in [0.1, 0.15) is 5.75 Å². The molecule has 31 heavy (non-hydrogen) atoms. The van der Waals surface area contributed by atoms with Gasteiger partial charge in [-0.05, 0) is 49.1 Å². The first-order chi connectivity index (χ1) is 14.9. The average Bonchev–Trinajstić information content (AvgIpc) is 2.75. The first-order valence-corrected chi connectivity index (χ1v) is 10.3. The molecule has 3 aromatic carbocycles. The highest BCUT2D eigenvalue weighted by Crippen LogP contribution is 2.22. The van der Waals surface area contributed by atoms with E-state index in [-0.39, 0.29) is 25.0 Å². The van der Waals surface area contributed by atoms with Crippen LogP contribution in [-0.4, -0.2) is 25.0 Å². The Morgan fingerprint density at radius 2 is 1.48 bits per heavy atom. The zero-order valence-corrected chi connectivity index (χ0v) is 18.2. The van der Waals surface area contributed by atoms with Crippen molar-refractivity contribution in [2.24, 2.45) is 0 Å².